The van der Waals surface area contributed by atoms with E-state index < -0.39 is 0 Å². The van der Waals surface area contributed by atoms with Gasteiger partial charge in [0, 0.05) is 25.4 Å². The van der Waals surface area contributed by atoms with Crippen LogP contribution in [0, 0.1) is 5.41 Å². The molecule has 3 rings (SSSR count). The Hall–Kier alpha value is -2.47. The summed E-state index contributed by atoms with van der Waals surface area (Å²) >= 11 is 0. The maximum Gasteiger partial charge on any atom is 0.271 e. The Morgan fingerprint density at radius 3 is 2.74 bits per heavy atom. The summed E-state index contributed by atoms with van der Waals surface area (Å²) in [5.74, 6) is -0.329. The maximum absolute atomic E-state index is 12.8. The second-order valence-corrected chi connectivity index (χ2v) is 7.55. The number of amides is 1. The number of aliphatic hydroxyl groups excluding tert-OH is 1. The number of carbonyl (C=O) groups excluding carboxylic acids is 2. The maximum atomic E-state index is 12.8. The van der Waals surface area contributed by atoms with Crippen LogP contribution >= 0.6 is 0 Å². The number of piperidine rings is 1. The Labute approximate surface area is 159 Å². The predicted octanol–water partition coefficient (Wildman–Crippen LogP) is 2.85. The molecule has 6 nitrogen and oxygen atoms in total. The molecule has 27 heavy (non-hydrogen) atoms. The third kappa shape index (κ3) is 4.63. The van der Waals surface area contributed by atoms with Crippen molar-refractivity contribution in [3.8, 4) is 0 Å². The van der Waals surface area contributed by atoms with Crippen LogP contribution in [-0.2, 0) is 6.42 Å². The number of rotatable bonds is 7. The number of hydrogen-bond donors (Lipinski definition) is 2. The Morgan fingerprint density at radius 2 is 2.07 bits per heavy atom. The third-order valence-electron chi connectivity index (χ3n) is 5.47. The summed E-state index contributed by atoms with van der Waals surface area (Å²) in [7, 11) is 0. The van der Waals surface area contributed by atoms with Gasteiger partial charge in [0.05, 0.1) is 6.61 Å². The highest BCUT2D eigenvalue weighted by Gasteiger charge is 2.37. The van der Waals surface area contributed by atoms with E-state index in [4.69, 9.17) is 0 Å². The molecule has 0 saturated carbocycles. The fraction of sp³-hybridized carbons (Fsp3) is 0.476. The van der Waals surface area contributed by atoms with Gasteiger partial charge in [0.1, 0.15) is 11.4 Å². The number of benzene rings is 1. The van der Waals surface area contributed by atoms with Crippen molar-refractivity contribution in [2.45, 2.75) is 39.0 Å². The second-order valence-electron chi connectivity index (χ2n) is 7.55. The summed E-state index contributed by atoms with van der Waals surface area (Å²) in [5.41, 5.74) is 1.64. The van der Waals surface area contributed by atoms with Crippen molar-refractivity contribution < 1.29 is 14.7 Å². The van der Waals surface area contributed by atoms with Gasteiger partial charge < -0.3 is 10.0 Å². The first-order valence-electron chi connectivity index (χ1n) is 9.53. The Kier molecular flexibility index (Phi) is 6.06. The molecule has 1 unspecified atom stereocenters. The minimum absolute atomic E-state index is 0.0766. The fourth-order valence-corrected chi connectivity index (χ4v) is 3.89. The number of aromatic nitrogens is 2. The summed E-state index contributed by atoms with van der Waals surface area (Å²) in [6.07, 6.45) is 4.61. The largest absolute Gasteiger partial charge is 0.396 e. The van der Waals surface area contributed by atoms with Crippen molar-refractivity contribution in [2.75, 3.05) is 19.7 Å². The van der Waals surface area contributed by atoms with Gasteiger partial charge in [-0.05, 0) is 43.7 Å². The van der Waals surface area contributed by atoms with Gasteiger partial charge in [-0.1, -0.05) is 30.3 Å². The van der Waals surface area contributed by atoms with E-state index >= 15 is 0 Å². The first-order chi connectivity index (χ1) is 13.0. The summed E-state index contributed by atoms with van der Waals surface area (Å²) in [6.45, 7) is 2.70. The molecule has 0 radical (unpaired) electrons. The number of aromatic amines is 1. The van der Waals surface area contributed by atoms with Crippen LogP contribution in [0.1, 0.15) is 59.1 Å². The van der Waals surface area contributed by atoms with Gasteiger partial charge in [0.2, 0.25) is 0 Å². The number of Topliss-reactive ketones (excluding diaryl/α,β-unsaturated/α-hetero) is 1. The SMILES string of the molecule is CC(=O)c1cc(C(=O)N2CCCC(CO)(CCCc3ccccc3)C2)[nH]n1. The second kappa shape index (κ2) is 8.48. The molecule has 1 atom stereocenters. The minimum atomic E-state index is -0.258. The van der Waals surface area contributed by atoms with E-state index in [1.165, 1.54) is 18.6 Å². The first-order valence-corrected chi connectivity index (χ1v) is 9.53. The quantitative estimate of drug-likeness (QED) is 0.735. The third-order valence-corrected chi connectivity index (χ3v) is 5.47. The van der Waals surface area contributed by atoms with Gasteiger partial charge in [-0.25, -0.2) is 0 Å². The van der Waals surface area contributed by atoms with Crippen LogP contribution in [0.3, 0.4) is 0 Å². The smallest absolute Gasteiger partial charge is 0.271 e. The van der Waals surface area contributed by atoms with E-state index in [-0.39, 0.29) is 29.4 Å². The molecule has 0 spiro atoms. The molecule has 6 heteroatoms. The van der Waals surface area contributed by atoms with Crippen LogP contribution in [0.5, 0.6) is 0 Å². The molecule has 2 N–H and O–H groups in total. The van der Waals surface area contributed by atoms with E-state index in [1.54, 1.807) is 4.90 Å². The summed E-state index contributed by atoms with van der Waals surface area (Å²) < 4.78 is 0. The number of H-pyrrole nitrogens is 1. The predicted molar refractivity (Wildman–Crippen MR) is 103 cm³/mol. The van der Waals surface area contributed by atoms with Crippen LogP contribution in [-0.4, -0.2) is 51.6 Å². The highest BCUT2D eigenvalue weighted by Crippen LogP contribution is 2.35. The molecule has 1 aromatic carbocycles. The molecule has 1 aromatic heterocycles. The van der Waals surface area contributed by atoms with Crippen molar-refractivity contribution in [2.24, 2.45) is 5.41 Å². The van der Waals surface area contributed by atoms with Crippen LogP contribution in [0.25, 0.3) is 0 Å². The number of aliphatic hydroxyl groups is 1. The lowest BCUT2D eigenvalue weighted by molar-refractivity contribution is 0.0213. The van der Waals surface area contributed by atoms with E-state index in [0.717, 1.165) is 32.1 Å². The van der Waals surface area contributed by atoms with Gasteiger partial charge in [0.15, 0.2) is 5.78 Å². The minimum Gasteiger partial charge on any atom is -0.396 e. The van der Waals surface area contributed by atoms with Crippen molar-refractivity contribution in [1.29, 1.82) is 0 Å². The van der Waals surface area contributed by atoms with E-state index in [2.05, 4.69) is 22.3 Å². The Morgan fingerprint density at radius 1 is 1.30 bits per heavy atom. The van der Waals surface area contributed by atoms with Crippen LogP contribution in [0.2, 0.25) is 0 Å². The molecule has 1 amide bonds. The molecular formula is C21H27N3O3. The fourth-order valence-electron chi connectivity index (χ4n) is 3.89. The molecule has 144 valence electrons. The Balaban J connectivity index is 1.63. The number of hydrogen-bond acceptors (Lipinski definition) is 4. The number of likely N-dealkylation sites (tertiary alicyclic amines) is 1. The van der Waals surface area contributed by atoms with Crippen molar-refractivity contribution in [3.63, 3.8) is 0 Å². The standard InChI is InChI=1S/C21H27N3O3/c1-16(26)18-13-19(23-22-18)20(27)24-12-6-11-21(14-24,15-25)10-5-9-17-7-3-2-4-8-17/h2-4,7-8,13,25H,5-6,9-12,14-15H2,1H3,(H,22,23). The summed E-state index contributed by atoms with van der Waals surface area (Å²) in [4.78, 5) is 26.0. The number of nitrogens with zero attached hydrogens (tertiary/aromatic N) is 2. The molecule has 1 aliphatic heterocycles. The number of ketones is 1. The van der Waals surface area contributed by atoms with Crippen molar-refractivity contribution >= 4 is 11.7 Å². The molecule has 1 fully saturated rings. The van der Waals surface area contributed by atoms with Crippen LogP contribution < -0.4 is 0 Å². The zero-order valence-electron chi connectivity index (χ0n) is 15.8. The molecule has 2 heterocycles. The molecule has 0 aliphatic carbocycles. The highest BCUT2D eigenvalue weighted by atomic mass is 16.3. The lowest BCUT2D eigenvalue weighted by atomic mass is 9.76. The van der Waals surface area contributed by atoms with E-state index in [1.807, 2.05) is 18.2 Å². The number of aryl methyl sites for hydroxylation is 1. The number of nitrogens with one attached hydrogen (secondary N) is 1. The average Bonchev–Trinajstić information content (AvgIpc) is 3.19. The normalized spacial score (nSPS) is 19.9. The lowest BCUT2D eigenvalue weighted by Crippen LogP contribution is -2.48. The zero-order valence-corrected chi connectivity index (χ0v) is 15.8. The van der Waals surface area contributed by atoms with Crippen LogP contribution in [0.15, 0.2) is 36.4 Å². The van der Waals surface area contributed by atoms with E-state index in [9.17, 15) is 14.7 Å². The van der Waals surface area contributed by atoms with Crippen LogP contribution in [0.4, 0.5) is 0 Å². The van der Waals surface area contributed by atoms with Crippen molar-refractivity contribution in [3.05, 3.63) is 53.3 Å². The van der Waals surface area contributed by atoms with Gasteiger partial charge in [0.25, 0.3) is 5.91 Å². The zero-order chi connectivity index (χ0) is 19.3. The lowest BCUT2D eigenvalue weighted by Gasteiger charge is -2.42. The van der Waals surface area contributed by atoms with Crippen molar-refractivity contribution in [1.82, 2.24) is 15.1 Å². The first kappa shape index (κ1) is 19.3. The van der Waals surface area contributed by atoms with E-state index in [0.29, 0.717) is 18.8 Å². The molecule has 1 saturated heterocycles. The van der Waals surface area contributed by atoms with Gasteiger partial charge >= 0.3 is 0 Å². The van der Waals surface area contributed by atoms with Gasteiger partial charge in [-0.2, -0.15) is 5.10 Å². The molecule has 0 bridgehead atoms. The summed E-state index contributed by atoms with van der Waals surface area (Å²) in [6, 6.07) is 11.8. The molecular weight excluding hydrogens is 342 g/mol. The monoisotopic (exact) mass is 369 g/mol. The van der Waals surface area contributed by atoms with Gasteiger partial charge in [-0.3, -0.25) is 14.7 Å². The topological polar surface area (TPSA) is 86.3 Å². The number of carbonyl (C=O) groups is 2. The molecule has 2 aromatic rings. The average molecular weight is 369 g/mol. The molecule has 1 aliphatic rings. The Bertz CT molecular complexity index is 787. The van der Waals surface area contributed by atoms with Gasteiger partial charge in [-0.15, -0.1) is 0 Å². The highest BCUT2D eigenvalue weighted by molar-refractivity contribution is 5.97. The summed E-state index contributed by atoms with van der Waals surface area (Å²) in [5, 5.41) is 16.7.